The van der Waals surface area contributed by atoms with Crippen LogP contribution in [0.3, 0.4) is 0 Å². The van der Waals surface area contributed by atoms with Crippen molar-refractivity contribution in [2.24, 2.45) is 0 Å². The zero-order valence-corrected chi connectivity index (χ0v) is 18.9. The molecule has 3 rings (SSSR count). The van der Waals surface area contributed by atoms with Crippen LogP contribution >= 0.6 is 15.9 Å². The fourth-order valence-electron chi connectivity index (χ4n) is 2.75. The number of hydrogen-bond acceptors (Lipinski definition) is 4. The van der Waals surface area contributed by atoms with E-state index in [4.69, 9.17) is 4.74 Å². The number of nitrogens with one attached hydrogen (secondary N) is 1. The fraction of sp³-hybridized carbons (Fsp3) is 0.136. The van der Waals surface area contributed by atoms with Crippen molar-refractivity contribution in [1.29, 1.82) is 0 Å². The molecule has 0 bridgehead atoms. The molecule has 0 aliphatic carbocycles. The summed E-state index contributed by atoms with van der Waals surface area (Å²) in [7, 11) is -3.64. The molecule has 0 unspecified atom stereocenters. The Balaban J connectivity index is 1.68. The van der Waals surface area contributed by atoms with Crippen LogP contribution in [0.5, 0.6) is 11.5 Å². The lowest BCUT2D eigenvalue weighted by atomic mass is 10.2. The van der Waals surface area contributed by atoms with Gasteiger partial charge in [0.1, 0.15) is 18.0 Å². The van der Waals surface area contributed by atoms with Gasteiger partial charge in [-0.3, -0.25) is 9.10 Å². The van der Waals surface area contributed by atoms with Gasteiger partial charge in [0, 0.05) is 10.2 Å². The molecule has 0 heterocycles. The molecule has 0 atom stereocenters. The van der Waals surface area contributed by atoms with Gasteiger partial charge in [-0.1, -0.05) is 34.1 Å². The van der Waals surface area contributed by atoms with Crippen LogP contribution in [-0.2, 0) is 14.8 Å². The van der Waals surface area contributed by atoms with Crippen LogP contribution in [0.4, 0.5) is 11.4 Å². The van der Waals surface area contributed by atoms with Crippen molar-refractivity contribution < 1.29 is 17.9 Å². The third kappa shape index (κ3) is 5.84. The van der Waals surface area contributed by atoms with Crippen LogP contribution in [-0.4, -0.2) is 27.1 Å². The van der Waals surface area contributed by atoms with Gasteiger partial charge < -0.3 is 10.1 Å². The molecule has 0 aliphatic rings. The number of para-hydroxylation sites is 1. The first kappa shape index (κ1) is 21.9. The third-order valence-electron chi connectivity index (χ3n) is 4.23. The normalized spacial score (nSPS) is 11.0. The number of halogens is 1. The summed E-state index contributed by atoms with van der Waals surface area (Å²) >= 11 is 3.39. The van der Waals surface area contributed by atoms with Crippen molar-refractivity contribution in [2.45, 2.75) is 6.92 Å². The molecule has 3 aromatic rings. The smallest absolute Gasteiger partial charge is 0.245 e. The molecule has 8 heteroatoms. The summed E-state index contributed by atoms with van der Waals surface area (Å²) in [6.45, 7) is 1.52. The molecule has 0 radical (unpaired) electrons. The van der Waals surface area contributed by atoms with E-state index < -0.39 is 15.9 Å². The topological polar surface area (TPSA) is 75.7 Å². The maximum absolute atomic E-state index is 12.5. The van der Waals surface area contributed by atoms with Gasteiger partial charge >= 0.3 is 0 Å². The first-order valence-electron chi connectivity index (χ1n) is 9.09. The summed E-state index contributed by atoms with van der Waals surface area (Å²) in [6, 6.07) is 21.3. The van der Waals surface area contributed by atoms with Crippen LogP contribution in [0.1, 0.15) is 5.56 Å². The van der Waals surface area contributed by atoms with E-state index >= 15 is 0 Å². The Labute approximate surface area is 184 Å². The van der Waals surface area contributed by atoms with E-state index in [0.29, 0.717) is 22.9 Å². The number of rotatable bonds is 7. The molecule has 0 spiro atoms. The average Bonchev–Trinajstić information content (AvgIpc) is 2.70. The van der Waals surface area contributed by atoms with Gasteiger partial charge in [-0.15, -0.1) is 0 Å². The second-order valence-corrected chi connectivity index (χ2v) is 9.45. The highest BCUT2D eigenvalue weighted by Crippen LogP contribution is 2.25. The molecular weight excluding hydrogens is 468 g/mol. The van der Waals surface area contributed by atoms with Crippen molar-refractivity contribution in [3.8, 4) is 11.5 Å². The summed E-state index contributed by atoms with van der Waals surface area (Å²) in [4.78, 5) is 12.5. The number of nitrogens with zero attached hydrogens (tertiary/aromatic N) is 1. The molecular formula is C22H21BrN2O4S. The molecule has 0 aliphatic heterocycles. The van der Waals surface area contributed by atoms with Crippen LogP contribution in [0.2, 0.25) is 0 Å². The minimum absolute atomic E-state index is 0.331. The largest absolute Gasteiger partial charge is 0.457 e. The van der Waals surface area contributed by atoms with Crippen LogP contribution in [0.25, 0.3) is 0 Å². The minimum Gasteiger partial charge on any atom is -0.457 e. The first-order chi connectivity index (χ1) is 14.2. The van der Waals surface area contributed by atoms with Gasteiger partial charge in [0.15, 0.2) is 0 Å². The summed E-state index contributed by atoms with van der Waals surface area (Å²) in [5.41, 5.74) is 1.84. The second kappa shape index (κ2) is 9.32. The number of anilines is 2. The molecule has 6 nitrogen and oxygen atoms in total. The Morgan fingerprint density at radius 3 is 2.23 bits per heavy atom. The Morgan fingerprint density at radius 2 is 1.63 bits per heavy atom. The molecule has 3 aromatic carbocycles. The van der Waals surface area contributed by atoms with Crippen molar-refractivity contribution in [1.82, 2.24) is 0 Å². The molecule has 0 saturated heterocycles. The van der Waals surface area contributed by atoms with Crippen LogP contribution < -0.4 is 14.4 Å². The molecule has 0 fully saturated rings. The van der Waals surface area contributed by atoms with E-state index in [2.05, 4.69) is 21.2 Å². The maximum atomic E-state index is 12.5. The highest BCUT2D eigenvalue weighted by molar-refractivity contribution is 9.10. The zero-order valence-electron chi connectivity index (χ0n) is 16.5. The van der Waals surface area contributed by atoms with E-state index in [1.54, 1.807) is 42.5 Å². The molecule has 156 valence electrons. The first-order valence-corrected chi connectivity index (χ1v) is 11.7. The second-order valence-electron chi connectivity index (χ2n) is 6.69. The Hall–Kier alpha value is -2.84. The van der Waals surface area contributed by atoms with E-state index in [1.165, 1.54) is 0 Å². The number of sulfonamides is 1. The lowest BCUT2D eigenvalue weighted by molar-refractivity contribution is -0.114. The average molecular weight is 489 g/mol. The van der Waals surface area contributed by atoms with Gasteiger partial charge in [0.25, 0.3) is 0 Å². The number of ether oxygens (including phenoxy) is 1. The van der Waals surface area contributed by atoms with E-state index in [0.717, 1.165) is 20.6 Å². The lowest BCUT2D eigenvalue weighted by Gasteiger charge is -2.22. The van der Waals surface area contributed by atoms with Crippen LogP contribution in [0.15, 0.2) is 77.3 Å². The Kier molecular flexibility index (Phi) is 6.79. The monoisotopic (exact) mass is 488 g/mol. The van der Waals surface area contributed by atoms with Gasteiger partial charge in [-0.25, -0.2) is 8.42 Å². The molecule has 0 aromatic heterocycles. The number of carbonyl (C=O) groups is 1. The molecule has 1 amide bonds. The van der Waals surface area contributed by atoms with E-state index in [-0.39, 0.29) is 6.54 Å². The van der Waals surface area contributed by atoms with Crippen molar-refractivity contribution >= 4 is 43.2 Å². The fourth-order valence-corrected chi connectivity index (χ4v) is 3.84. The minimum atomic E-state index is -3.64. The quantitative estimate of drug-likeness (QED) is 0.510. The van der Waals surface area contributed by atoms with Gasteiger partial charge in [0.05, 0.1) is 11.9 Å². The molecule has 0 saturated carbocycles. The van der Waals surface area contributed by atoms with Gasteiger partial charge in [-0.2, -0.15) is 0 Å². The van der Waals surface area contributed by atoms with Crippen molar-refractivity contribution in [3.63, 3.8) is 0 Å². The summed E-state index contributed by atoms with van der Waals surface area (Å²) < 4.78 is 32.2. The lowest BCUT2D eigenvalue weighted by Crippen LogP contribution is -2.37. The number of carbonyl (C=O) groups excluding carboxylic acids is 1. The standard InChI is InChI=1S/C22H21BrN2O4S/c1-16-14-18(10-13-21(16)23)25(30(2,27)28)15-22(26)24-17-8-11-20(12-9-17)29-19-6-4-3-5-7-19/h3-14H,15H2,1-2H3,(H,24,26). The predicted molar refractivity (Wildman–Crippen MR) is 123 cm³/mol. The number of hydrogen-bond donors (Lipinski definition) is 1. The highest BCUT2D eigenvalue weighted by atomic mass is 79.9. The predicted octanol–water partition coefficient (Wildman–Crippen LogP) is 4.95. The van der Waals surface area contributed by atoms with Gasteiger partial charge in [0.2, 0.25) is 15.9 Å². The number of amides is 1. The van der Waals surface area contributed by atoms with E-state index in [9.17, 15) is 13.2 Å². The zero-order chi connectivity index (χ0) is 21.7. The number of benzene rings is 3. The van der Waals surface area contributed by atoms with Crippen molar-refractivity contribution in [2.75, 3.05) is 22.4 Å². The molecule has 30 heavy (non-hydrogen) atoms. The SMILES string of the molecule is Cc1cc(N(CC(=O)Nc2ccc(Oc3ccccc3)cc2)S(C)(=O)=O)ccc1Br. The van der Waals surface area contributed by atoms with E-state index in [1.807, 2.05) is 37.3 Å². The Bertz CT molecular complexity index is 1130. The third-order valence-corrected chi connectivity index (χ3v) is 6.26. The van der Waals surface area contributed by atoms with Crippen LogP contribution in [0, 0.1) is 6.92 Å². The summed E-state index contributed by atoms with van der Waals surface area (Å²) in [5.74, 6) is 0.892. The number of aryl methyl sites for hydroxylation is 1. The molecule has 1 N–H and O–H groups in total. The van der Waals surface area contributed by atoms with Gasteiger partial charge in [-0.05, 0) is 67.1 Å². The van der Waals surface area contributed by atoms with Crippen molar-refractivity contribution in [3.05, 3.63) is 82.8 Å². The summed E-state index contributed by atoms with van der Waals surface area (Å²) in [5, 5.41) is 2.72. The summed E-state index contributed by atoms with van der Waals surface area (Å²) in [6.07, 6.45) is 1.08. The highest BCUT2D eigenvalue weighted by Gasteiger charge is 2.21. The maximum Gasteiger partial charge on any atom is 0.245 e. The Morgan fingerprint density at radius 1 is 1.00 bits per heavy atom.